The molecule has 2 aromatic heterocycles. The molecule has 36 heavy (non-hydrogen) atoms. The average Bonchev–Trinajstić information content (AvgIpc) is 3.49. The van der Waals surface area contributed by atoms with E-state index >= 15 is 0 Å². The van der Waals surface area contributed by atoms with Crippen molar-refractivity contribution in [3.05, 3.63) is 66.0 Å². The number of carbonyl (C=O) groups excluding carboxylic acids is 3. The summed E-state index contributed by atoms with van der Waals surface area (Å²) >= 11 is 0. The first kappa shape index (κ1) is 25.2. The SMILES string of the molecule is CC(NC(=O)C1CC(c2ccccc2)CN1C(=O)OC(C)(C)C)C(=O)NCc1cnc2[nH]ccc2c1. The Labute approximate surface area is 210 Å². The topological polar surface area (TPSA) is 116 Å². The Morgan fingerprint density at radius 1 is 1.19 bits per heavy atom. The van der Waals surface area contributed by atoms with Crippen LogP contribution in [0, 0.1) is 0 Å². The molecule has 1 aliphatic heterocycles. The molecule has 1 aromatic carbocycles. The second-order valence-electron chi connectivity index (χ2n) is 10.2. The minimum atomic E-state index is -0.780. The number of nitrogens with one attached hydrogen (secondary N) is 3. The highest BCUT2D eigenvalue weighted by molar-refractivity contribution is 5.91. The van der Waals surface area contributed by atoms with Gasteiger partial charge in [-0.2, -0.15) is 0 Å². The van der Waals surface area contributed by atoms with E-state index in [1.165, 1.54) is 4.90 Å². The molecule has 0 bridgehead atoms. The molecule has 9 nitrogen and oxygen atoms in total. The smallest absolute Gasteiger partial charge is 0.410 e. The molecule has 1 fully saturated rings. The van der Waals surface area contributed by atoms with Crippen LogP contribution in [-0.4, -0.2) is 57.0 Å². The average molecular weight is 492 g/mol. The lowest BCUT2D eigenvalue weighted by molar-refractivity contribution is -0.131. The molecule has 3 amide bonds. The lowest BCUT2D eigenvalue weighted by Gasteiger charge is -2.28. The van der Waals surface area contributed by atoms with E-state index in [2.05, 4.69) is 20.6 Å². The summed E-state index contributed by atoms with van der Waals surface area (Å²) in [6.07, 6.45) is 3.42. The molecule has 3 N–H and O–H groups in total. The van der Waals surface area contributed by atoms with Crippen LogP contribution in [0.25, 0.3) is 11.0 Å². The molecule has 3 aromatic rings. The Morgan fingerprint density at radius 3 is 2.67 bits per heavy atom. The summed E-state index contributed by atoms with van der Waals surface area (Å²) in [5.74, 6) is -0.703. The van der Waals surface area contributed by atoms with E-state index in [4.69, 9.17) is 4.74 Å². The molecular weight excluding hydrogens is 458 g/mol. The summed E-state index contributed by atoms with van der Waals surface area (Å²) in [6, 6.07) is 12.1. The number of aromatic nitrogens is 2. The van der Waals surface area contributed by atoms with Crippen LogP contribution in [-0.2, 0) is 20.9 Å². The number of rotatable bonds is 6. The standard InChI is InChI=1S/C27H33N5O4/c1-17(24(33)30-15-18-12-20-10-11-28-23(20)29-14-18)31-25(34)22-13-21(19-8-6-5-7-9-19)16-32(22)26(35)36-27(2,3)4/h5-12,14,17,21-22H,13,15-16H2,1-4H3,(H,28,29)(H,30,33)(H,31,34). The molecule has 0 spiro atoms. The van der Waals surface area contributed by atoms with Gasteiger partial charge in [0.1, 0.15) is 23.3 Å². The number of hydrogen-bond acceptors (Lipinski definition) is 5. The van der Waals surface area contributed by atoms with Crippen molar-refractivity contribution in [3.8, 4) is 0 Å². The van der Waals surface area contributed by atoms with Crippen molar-refractivity contribution in [3.63, 3.8) is 0 Å². The zero-order chi connectivity index (χ0) is 25.9. The summed E-state index contributed by atoms with van der Waals surface area (Å²) in [6.45, 7) is 7.66. The number of H-pyrrole nitrogens is 1. The normalized spacial score (nSPS) is 18.6. The third kappa shape index (κ3) is 6.02. The largest absolute Gasteiger partial charge is 0.444 e. The third-order valence-electron chi connectivity index (χ3n) is 6.18. The van der Waals surface area contributed by atoms with E-state index in [0.29, 0.717) is 13.0 Å². The first-order valence-corrected chi connectivity index (χ1v) is 12.2. The van der Waals surface area contributed by atoms with Gasteiger partial charge in [0.15, 0.2) is 0 Å². The van der Waals surface area contributed by atoms with Gasteiger partial charge in [-0.25, -0.2) is 9.78 Å². The number of amides is 3. The van der Waals surface area contributed by atoms with Crippen LogP contribution in [0.1, 0.15) is 51.2 Å². The Bertz CT molecular complexity index is 1230. The molecule has 3 atom stereocenters. The van der Waals surface area contributed by atoms with Gasteiger partial charge in [-0.1, -0.05) is 30.3 Å². The molecular formula is C27H33N5O4. The molecule has 1 aliphatic rings. The second-order valence-corrected chi connectivity index (χ2v) is 10.2. The second kappa shape index (κ2) is 10.4. The fraction of sp³-hybridized carbons (Fsp3) is 0.407. The summed E-state index contributed by atoms with van der Waals surface area (Å²) in [5.41, 5.74) is 2.01. The van der Waals surface area contributed by atoms with Crippen LogP contribution in [0.5, 0.6) is 0 Å². The zero-order valence-corrected chi connectivity index (χ0v) is 21.1. The molecule has 4 rings (SSSR count). The Morgan fingerprint density at radius 2 is 1.94 bits per heavy atom. The zero-order valence-electron chi connectivity index (χ0n) is 21.1. The number of fused-ring (bicyclic) bond motifs is 1. The van der Waals surface area contributed by atoms with Gasteiger partial charge in [-0.15, -0.1) is 0 Å². The number of pyridine rings is 1. The van der Waals surface area contributed by atoms with Gasteiger partial charge >= 0.3 is 6.09 Å². The monoisotopic (exact) mass is 491 g/mol. The van der Waals surface area contributed by atoms with E-state index in [1.54, 1.807) is 33.9 Å². The van der Waals surface area contributed by atoms with Gasteiger partial charge in [-0.05, 0) is 57.4 Å². The number of nitrogens with zero attached hydrogens (tertiary/aromatic N) is 2. The van der Waals surface area contributed by atoms with Crippen LogP contribution >= 0.6 is 0 Å². The molecule has 1 saturated heterocycles. The van der Waals surface area contributed by atoms with Crippen molar-refractivity contribution in [2.45, 2.75) is 64.3 Å². The molecule has 0 saturated carbocycles. The van der Waals surface area contributed by atoms with Gasteiger partial charge in [0.25, 0.3) is 0 Å². The Balaban J connectivity index is 1.39. The maximum absolute atomic E-state index is 13.3. The summed E-state index contributed by atoms with van der Waals surface area (Å²) in [7, 11) is 0. The number of ether oxygens (including phenoxy) is 1. The first-order valence-electron chi connectivity index (χ1n) is 12.2. The molecule has 9 heteroatoms. The summed E-state index contributed by atoms with van der Waals surface area (Å²) in [5, 5.41) is 6.58. The maximum atomic E-state index is 13.3. The number of aromatic amines is 1. The van der Waals surface area contributed by atoms with Crippen LogP contribution in [0.4, 0.5) is 4.79 Å². The van der Waals surface area contributed by atoms with Crippen molar-refractivity contribution in [1.82, 2.24) is 25.5 Å². The molecule has 190 valence electrons. The molecule has 0 radical (unpaired) electrons. The number of likely N-dealkylation sites (tertiary alicyclic amines) is 1. The number of benzene rings is 1. The minimum absolute atomic E-state index is 0.00514. The number of carbonyl (C=O) groups is 3. The van der Waals surface area contributed by atoms with Gasteiger partial charge in [0.2, 0.25) is 11.8 Å². The molecule has 0 aliphatic carbocycles. The lowest BCUT2D eigenvalue weighted by Crippen LogP contribution is -2.52. The van der Waals surface area contributed by atoms with Gasteiger partial charge in [0, 0.05) is 36.8 Å². The van der Waals surface area contributed by atoms with Crippen LogP contribution in [0.15, 0.2) is 54.9 Å². The summed E-state index contributed by atoms with van der Waals surface area (Å²) < 4.78 is 5.57. The first-order chi connectivity index (χ1) is 17.1. The fourth-order valence-corrected chi connectivity index (χ4v) is 4.37. The highest BCUT2D eigenvalue weighted by Gasteiger charge is 2.42. The molecule has 3 unspecified atom stereocenters. The van der Waals surface area contributed by atoms with Crippen molar-refractivity contribution in [2.75, 3.05) is 6.54 Å². The Hall–Kier alpha value is -3.88. The van der Waals surface area contributed by atoms with Crippen LogP contribution in [0.2, 0.25) is 0 Å². The number of hydrogen-bond donors (Lipinski definition) is 3. The van der Waals surface area contributed by atoms with Gasteiger partial charge in [0.05, 0.1) is 0 Å². The van der Waals surface area contributed by atoms with Crippen molar-refractivity contribution in [2.24, 2.45) is 0 Å². The van der Waals surface area contributed by atoms with E-state index in [-0.39, 0.29) is 24.3 Å². The van der Waals surface area contributed by atoms with Crippen molar-refractivity contribution >= 4 is 28.9 Å². The predicted molar refractivity (Wildman–Crippen MR) is 136 cm³/mol. The highest BCUT2D eigenvalue weighted by atomic mass is 16.6. The van der Waals surface area contributed by atoms with E-state index in [1.807, 2.05) is 48.7 Å². The lowest BCUT2D eigenvalue weighted by atomic mass is 9.96. The van der Waals surface area contributed by atoms with E-state index in [9.17, 15) is 14.4 Å². The van der Waals surface area contributed by atoms with E-state index < -0.39 is 23.8 Å². The van der Waals surface area contributed by atoms with Crippen LogP contribution in [0.3, 0.4) is 0 Å². The molecule has 3 heterocycles. The maximum Gasteiger partial charge on any atom is 0.410 e. The third-order valence-corrected chi connectivity index (χ3v) is 6.18. The van der Waals surface area contributed by atoms with Crippen LogP contribution < -0.4 is 10.6 Å². The van der Waals surface area contributed by atoms with E-state index in [0.717, 1.165) is 22.2 Å². The van der Waals surface area contributed by atoms with Gasteiger partial charge < -0.3 is 20.4 Å². The predicted octanol–water partition coefficient (Wildman–Crippen LogP) is 3.48. The van der Waals surface area contributed by atoms with Crippen molar-refractivity contribution < 1.29 is 19.1 Å². The summed E-state index contributed by atoms with van der Waals surface area (Å²) in [4.78, 5) is 47.7. The van der Waals surface area contributed by atoms with Crippen molar-refractivity contribution in [1.29, 1.82) is 0 Å². The van der Waals surface area contributed by atoms with Gasteiger partial charge in [-0.3, -0.25) is 14.5 Å². The fourth-order valence-electron chi connectivity index (χ4n) is 4.37. The minimum Gasteiger partial charge on any atom is -0.444 e. The quantitative estimate of drug-likeness (QED) is 0.488. The Kier molecular flexibility index (Phi) is 7.28. The highest BCUT2D eigenvalue weighted by Crippen LogP contribution is 2.33.